The summed E-state index contributed by atoms with van der Waals surface area (Å²) < 4.78 is 44.4. The van der Waals surface area contributed by atoms with Gasteiger partial charge in [0.25, 0.3) is 0 Å². The van der Waals surface area contributed by atoms with Gasteiger partial charge in [-0.3, -0.25) is 4.98 Å². The van der Waals surface area contributed by atoms with Crippen molar-refractivity contribution >= 4 is 28.5 Å². The maximum Gasteiger partial charge on any atom is 0.435 e. The minimum absolute atomic E-state index is 0.240. The van der Waals surface area contributed by atoms with Gasteiger partial charge in [-0.1, -0.05) is 38.1 Å². The van der Waals surface area contributed by atoms with Gasteiger partial charge in [0.1, 0.15) is 5.82 Å². The first-order valence-corrected chi connectivity index (χ1v) is 10.2. The number of alkyl halides is 3. The molecular formula is C22H19F3N4S. The largest absolute Gasteiger partial charge is 0.435 e. The van der Waals surface area contributed by atoms with Crippen molar-refractivity contribution in [2.24, 2.45) is 0 Å². The van der Waals surface area contributed by atoms with E-state index in [2.05, 4.69) is 28.7 Å². The minimum Gasteiger partial charge on any atom is -0.310 e. The fourth-order valence-electron chi connectivity index (χ4n) is 3.10. The molecule has 4 rings (SSSR count). The molecule has 0 unspecified atom stereocenters. The van der Waals surface area contributed by atoms with Crippen molar-refractivity contribution < 1.29 is 13.2 Å². The van der Waals surface area contributed by atoms with Crippen molar-refractivity contribution in [3.8, 4) is 5.69 Å². The third-order valence-electron chi connectivity index (χ3n) is 4.71. The molecule has 2 heterocycles. The molecule has 4 aromatic rings. The zero-order chi connectivity index (χ0) is 21.3. The highest BCUT2D eigenvalue weighted by Crippen LogP contribution is 2.34. The molecule has 1 N–H and O–H groups in total. The van der Waals surface area contributed by atoms with E-state index in [9.17, 15) is 13.2 Å². The van der Waals surface area contributed by atoms with Crippen LogP contribution in [0.15, 0.2) is 71.9 Å². The fraction of sp³-hybridized carbons (Fsp3) is 0.182. The van der Waals surface area contributed by atoms with Crippen molar-refractivity contribution in [3.63, 3.8) is 0 Å². The van der Waals surface area contributed by atoms with Gasteiger partial charge in [-0.05, 0) is 47.7 Å². The molecule has 0 aliphatic rings. The van der Waals surface area contributed by atoms with Gasteiger partial charge in [0.15, 0.2) is 5.69 Å². The van der Waals surface area contributed by atoms with Gasteiger partial charge in [0.2, 0.25) is 0 Å². The average molecular weight is 428 g/mol. The zero-order valence-corrected chi connectivity index (χ0v) is 17.1. The molecule has 0 spiro atoms. The molecule has 0 aliphatic heterocycles. The number of hydrogen-bond acceptors (Lipinski definition) is 4. The average Bonchev–Trinajstić information content (AvgIpc) is 3.17. The van der Waals surface area contributed by atoms with Crippen LogP contribution in [0.25, 0.3) is 16.5 Å². The Morgan fingerprint density at radius 3 is 2.50 bits per heavy atom. The van der Waals surface area contributed by atoms with Crippen LogP contribution in [0.1, 0.15) is 31.0 Å². The van der Waals surface area contributed by atoms with Gasteiger partial charge in [0, 0.05) is 34.1 Å². The van der Waals surface area contributed by atoms with Gasteiger partial charge in [0.05, 0.1) is 5.69 Å². The van der Waals surface area contributed by atoms with Crippen molar-refractivity contribution in [1.82, 2.24) is 14.8 Å². The van der Waals surface area contributed by atoms with Gasteiger partial charge in [-0.25, -0.2) is 4.68 Å². The van der Waals surface area contributed by atoms with Crippen LogP contribution in [0.3, 0.4) is 0 Å². The lowest BCUT2D eigenvalue weighted by Crippen LogP contribution is -2.07. The van der Waals surface area contributed by atoms with E-state index < -0.39 is 11.9 Å². The Morgan fingerprint density at radius 2 is 1.80 bits per heavy atom. The summed E-state index contributed by atoms with van der Waals surface area (Å²) in [7, 11) is 0. The number of benzene rings is 2. The molecule has 0 aliphatic carbocycles. The number of aromatic nitrogens is 3. The van der Waals surface area contributed by atoms with Crippen molar-refractivity contribution in [1.29, 1.82) is 0 Å². The van der Waals surface area contributed by atoms with Crippen LogP contribution in [0.4, 0.5) is 19.0 Å². The van der Waals surface area contributed by atoms with E-state index in [0.29, 0.717) is 11.6 Å². The highest BCUT2D eigenvalue weighted by molar-refractivity contribution is 8.00. The zero-order valence-electron chi connectivity index (χ0n) is 16.3. The maximum absolute atomic E-state index is 13.4. The lowest BCUT2D eigenvalue weighted by atomic mass is 10.0. The molecule has 0 atom stereocenters. The Kier molecular flexibility index (Phi) is 5.42. The highest BCUT2D eigenvalue weighted by Gasteiger charge is 2.35. The van der Waals surface area contributed by atoms with Crippen molar-refractivity contribution in [2.75, 3.05) is 4.72 Å². The predicted molar refractivity (Wildman–Crippen MR) is 114 cm³/mol. The van der Waals surface area contributed by atoms with Crippen LogP contribution in [0, 0.1) is 0 Å². The van der Waals surface area contributed by atoms with Gasteiger partial charge >= 0.3 is 6.18 Å². The van der Waals surface area contributed by atoms with Crippen LogP contribution in [-0.2, 0) is 6.18 Å². The normalized spacial score (nSPS) is 11.9. The quantitative estimate of drug-likeness (QED) is 0.360. The minimum atomic E-state index is -4.54. The lowest BCUT2D eigenvalue weighted by Gasteiger charge is -2.12. The summed E-state index contributed by atoms with van der Waals surface area (Å²) in [5, 5.41) is 5.43. The number of nitrogens with one attached hydrogen (secondary N) is 1. The van der Waals surface area contributed by atoms with Gasteiger partial charge in [-0.2, -0.15) is 18.3 Å². The second-order valence-corrected chi connectivity index (χ2v) is 8.01. The van der Waals surface area contributed by atoms with E-state index in [1.807, 2.05) is 30.3 Å². The first-order chi connectivity index (χ1) is 14.3. The Bertz CT molecular complexity index is 1160. The lowest BCUT2D eigenvalue weighted by molar-refractivity contribution is -0.141. The van der Waals surface area contributed by atoms with Crippen LogP contribution < -0.4 is 4.72 Å². The van der Waals surface area contributed by atoms with E-state index in [1.54, 1.807) is 30.6 Å². The molecule has 30 heavy (non-hydrogen) atoms. The van der Waals surface area contributed by atoms with E-state index in [4.69, 9.17) is 0 Å². The SMILES string of the molecule is CC(C)c1ccc(SNc2cc(C(F)(F)F)nn2-c2cccc3cnccc23)cc1. The standard InChI is InChI=1S/C22H19F3N4S/c1-14(2)15-6-8-17(9-7-15)30-28-21-12-20(22(23,24)25)27-29(21)19-5-3-4-16-13-26-11-10-18(16)19/h3-14,28H,1-2H3. The Labute approximate surface area is 176 Å². The van der Waals surface area contributed by atoms with E-state index in [1.165, 1.54) is 22.2 Å². The van der Waals surface area contributed by atoms with Crippen LogP contribution in [0.2, 0.25) is 0 Å². The van der Waals surface area contributed by atoms with Crippen LogP contribution >= 0.6 is 11.9 Å². The highest BCUT2D eigenvalue weighted by atomic mass is 32.2. The molecule has 0 fully saturated rings. The first-order valence-electron chi connectivity index (χ1n) is 9.36. The van der Waals surface area contributed by atoms with Crippen molar-refractivity contribution in [3.05, 3.63) is 78.2 Å². The Hall–Kier alpha value is -3.00. The molecule has 0 amide bonds. The molecular weight excluding hydrogens is 409 g/mol. The van der Waals surface area contributed by atoms with Crippen LogP contribution in [0.5, 0.6) is 0 Å². The molecule has 4 nitrogen and oxygen atoms in total. The number of hydrogen-bond donors (Lipinski definition) is 1. The Morgan fingerprint density at radius 1 is 1.03 bits per heavy atom. The molecule has 154 valence electrons. The molecule has 0 saturated carbocycles. The third-order valence-corrected chi connectivity index (χ3v) is 5.52. The first kappa shape index (κ1) is 20.3. The van der Waals surface area contributed by atoms with E-state index in [-0.39, 0.29) is 5.82 Å². The van der Waals surface area contributed by atoms with Crippen LogP contribution in [-0.4, -0.2) is 14.8 Å². The molecule has 0 radical (unpaired) electrons. The number of fused-ring (bicyclic) bond motifs is 1. The molecule has 2 aromatic carbocycles. The number of pyridine rings is 1. The molecule has 8 heteroatoms. The maximum atomic E-state index is 13.4. The molecule has 0 bridgehead atoms. The van der Waals surface area contributed by atoms with Gasteiger partial charge in [-0.15, -0.1) is 0 Å². The summed E-state index contributed by atoms with van der Waals surface area (Å²) in [6, 6.07) is 16.1. The second kappa shape index (κ2) is 8.02. The van der Waals surface area contributed by atoms with E-state index >= 15 is 0 Å². The topological polar surface area (TPSA) is 42.7 Å². The summed E-state index contributed by atoms with van der Waals surface area (Å²) in [5.74, 6) is 0.651. The van der Waals surface area contributed by atoms with E-state index in [0.717, 1.165) is 21.7 Å². The summed E-state index contributed by atoms with van der Waals surface area (Å²) in [6.45, 7) is 4.22. The number of anilines is 1. The summed E-state index contributed by atoms with van der Waals surface area (Å²) in [5.41, 5.74) is 0.795. The predicted octanol–water partition coefficient (Wildman–Crippen LogP) is 6.68. The third kappa shape index (κ3) is 4.14. The smallest absolute Gasteiger partial charge is 0.310 e. The molecule has 2 aromatic heterocycles. The Balaban J connectivity index is 1.71. The van der Waals surface area contributed by atoms with Gasteiger partial charge < -0.3 is 4.72 Å². The van der Waals surface area contributed by atoms with Crippen molar-refractivity contribution in [2.45, 2.75) is 30.8 Å². The number of halogens is 3. The second-order valence-electron chi connectivity index (χ2n) is 7.13. The fourth-order valence-corrected chi connectivity index (χ4v) is 3.74. The number of nitrogens with zero attached hydrogens (tertiary/aromatic N) is 3. The molecule has 0 saturated heterocycles. The monoisotopic (exact) mass is 428 g/mol. The summed E-state index contributed by atoms with van der Waals surface area (Å²) >= 11 is 1.24. The summed E-state index contributed by atoms with van der Waals surface area (Å²) in [6.07, 6.45) is -1.26. The summed E-state index contributed by atoms with van der Waals surface area (Å²) in [4.78, 5) is 4.97. The number of rotatable bonds is 5.